The second-order valence-corrected chi connectivity index (χ2v) is 7.91. The third-order valence-electron chi connectivity index (χ3n) is 3.99. The maximum atomic E-state index is 12.2. The number of halogens is 2. The number of nitrogen functional groups attached to an aromatic ring is 1. The molecule has 13 heteroatoms. The van der Waals surface area contributed by atoms with Crippen molar-refractivity contribution in [3.05, 3.63) is 52.0 Å². The van der Waals surface area contributed by atoms with Gasteiger partial charge in [0.15, 0.2) is 11.5 Å². The van der Waals surface area contributed by atoms with Crippen molar-refractivity contribution in [2.75, 3.05) is 36.6 Å². The van der Waals surface area contributed by atoms with Gasteiger partial charge in [0.2, 0.25) is 11.1 Å². The molecular formula is C19H19Cl2N7O3S. The Labute approximate surface area is 198 Å². The zero-order valence-corrected chi connectivity index (χ0v) is 19.3. The average Bonchev–Trinajstić information content (AvgIpc) is 3.13. The minimum absolute atomic E-state index is 0.0448. The van der Waals surface area contributed by atoms with E-state index in [-0.39, 0.29) is 17.6 Å². The van der Waals surface area contributed by atoms with Gasteiger partial charge < -0.3 is 20.6 Å². The summed E-state index contributed by atoms with van der Waals surface area (Å²) in [4.78, 5) is 12.2. The standard InChI is InChI=1S/C19H19Cl2N7O3S/c1-30-15-6-3-11(7-16(15)31-2)9-23-25-18-26-27-19(28(18)22)32-10-17(29)24-14-5-4-12(20)8-13(14)21/h3-9H,10,22H2,1-2H3,(H,24,29)(H,25,26)/b23-9+. The maximum Gasteiger partial charge on any atom is 0.264 e. The van der Waals surface area contributed by atoms with E-state index in [1.807, 2.05) is 6.07 Å². The van der Waals surface area contributed by atoms with Gasteiger partial charge in [-0.3, -0.25) is 4.79 Å². The first-order valence-corrected chi connectivity index (χ1v) is 10.7. The summed E-state index contributed by atoms with van der Waals surface area (Å²) in [5, 5.41) is 15.8. The molecule has 1 amide bonds. The average molecular weight is 496 g/mol. The fourth-order valence-electron chi connectivity index (χ4n) is 2.46. The largest absolute Gasteiger partial charge is 0.493 e. The van der Waals surface area contributed by atoms with E-state index in [2.05, 4.69) is 26.0 Å². The molecule has 1 aromatic heterocycles. The number of benzene rings is 2. The first-order chi connectivity index (χ1) is 15.4. The lowest BCUT2D eigenvalue weighted by molar-refractivity contribution is -0.113. The van der Waals surface area contributed by atoms with Crippen molar-refractivity contribution in [2.24, 2.45) is 5.10 Å². The normalized spacial score (nSPS) is 10.9. The molecule has 0 unspecified atom stereocenters. The summed E-state index contributed by atoms with van der Waals surface area (Å²) in [6.07, 6.45) is 1.56. The summed E-state index contributed by atoms with van der Waals surface area (Å²) in [6, 6.07) is 10.1. The molecule has 0 radical (unpaired) electrons. The molecule has 0 aliphatic heterocycles. The molecule has 0 saturated carbocycles. The number of aromatic nitrogens is 3. The van der Waals surface area contributed by atoms with E-state index in [1.54, 1.807) is 50.8 Å². The second kappa shape index (κ2) is 10.9. The van der Waals surface area contributed by atoms with E-state index in [1.165, 1.54) is 4.68 Å². The number of hydrazone groups is 1. The van der Waals surface area contributed by atoms with E-state index >= 15 is 0 Å². The highest BCUT2D eigenvalue weighted by atomic mass is 35.5. The summed E-state index contributed by atoms with van der Waals surface area (Å²) in [5.41, 5.74) is 3.94. The Morgan fingerprint density at radius 3 is 2.69 bits per heavy atom. The van der Waals surface area contributed by atoms with Gasteiger partial charge in [-0.2, -0.15) is 5.10 Å². The number of nitrogens with one attached hydrogen (secondary N) is 2. The Morgan fingerprint density at radius 1 is 1.19 bits per heavy atom. The summed E-state index contributed by atoms with van der Waals surface area (Å²) in [5.74, 6) is 7.13. The monoisotopic (exact) mass is 495 g/mol. The summed E-state index contributed by atoms with van der Waals surface area (Å²) >= 11 is 13.0. The molecule has 1 heterocycles. The van der Waals surface area contributed by atoms with Crippen molar-refractivity contribution in [3.63, 3.8) is 0 Å². The number of methoxy groups -OCH3 is 2. The minimum Gasteiger partial charge on any atom is -0.493 e. The predicted octanol–water partition coefficient (Wildman–Crippen LogP) is 3.49. The first-order valence-electron chi connectivity index (χ1n) is 9.00. The number of hydrogen-bond acceptors (Lipinski definition) is 9. The van der Waals surface area contributed by atoms with Gasteiger partial charge >= 0.3 is 0 Å². The fourth-order valence-corrected chi connectivity index (χ4v) is 3.57. The Morgan fingerprint density at radius 2 is 1.97 bits per heavy atom. The number of amides is 1. The van der Waals surface area contributed by atoms with Crippen LogP contribution in [0, 0.1) is 0 Å². The van der Waals surface area contributed by atoms with Crippen LogP contribution in [0.5, 0.6) is 11.5 Å². The summed E-state index contributed by atoms with van der Waals surface area (Å²) < 4.78 is 11.7. The molecule has 0 saturated heterocycles. The van der Waals surface area contributed by atoms with Crippen molar-refractivity contribution in [1.82, 2.24) is 14.9 Å². The molecule has 2 aromatic carbocycles. The third-order valence-corrected chi connectivity index (χ3v) is 5.48. The van der Waals surface area contributed by atoms with Crippen molar-refractivity contribution < 1.29 is 14.3 Å². The zero-order valence-electron chi connectivity index (χ0n) is 17.0. The number of hydrogen-bond donors (Lipinski definition) is 3. The SMILES string of the molecule is COc1ccc(/C=N/Nc2nnc(SCC(=O)Nc3ccc(Cl)cc3Cl)n2N)cc1OC. The summed E-state index contributed by atoms with van der Waals surface area (Å²) in [7, 11) is 3.12. The predicted molar refractivity (Wildman–Crippen MR) is 127 cm³/mol. The van der Waals surface area contributed by atoms with E-state index in [0.29, 0.717) is 32.4 Å². The van der Waals surface area contributed by atoms with Crippen LogP contribution in [0.2, 0.25) is 10.0 Å². The molecule has 0 atom stereocenters. The molecule has 32 heavy (non-hydrogen) atoms. The Kier molecular flexibility index (Phi) is 8.03. The van der Waals surface area contributed by atoms with Crippen LogP contribution < -0.4 is 26.1 Å². The van der Waals surface area contributed by atoms with Crippen molar-refractivity contribution in [2.45, 2.75) is 5.16 Å². The van der Waals surface area contributed by atoms with Crippen LogP contribution in [0.4, 0.5) is 11.6 Å². The Hall–Kier alpha value is -3.15. The smallest absolute Gasteiger partial charge is 0.264 e. The number of nitrogens with zero attached hydrogens (tertiary/aromatic N) is 4. The van der Waals surface area contributed by atoms with Crippen LogP contribution in [0.15, 0.2) is 46.7 Å². The zero-order chi connectivity index (χ0) is 23.1. The van der Waals surface area contributed by atoms with Gasteiger partial charge in [-0.15, -0.1) is 10.2 Å². The van der Waals surface area contributed by atoms with Crippen LogP contribution in [0.3, 0.4) is 0 Å². The van der Waals surface area contributed by atoms with Crippen LogP contribution in [-0.2, 0) is 4.79 Å². The number of nitrogens with two attached hydrogens (primary N) is 1. The summed E-state index contributed by atoms with van der Waals surface area (Å²) in [6.45, 7) is 0. The lowest BCUT2D eigenvalue weighted by Gasteiger charge is -2.07. The molecule has 0 bridgehead atoms. The van der Waals surface area contributed by atoms with Crippen LogP contribution in [-0.4, -0.2) is 47.0 Å². The van der Waals surface area contributed by atoms with E-state index in [0.717, 1.165) is 17.3 Å². The number of carbonyl (C=O) groups is 1. The van der Waals surface area contributed by atoms with Crippen molar-refractivity contribution in [1.29, 1.82) is 0 Å². The molecule has 0 aliphatic rings. The quantitative estimate of drug-likeness (QED) is 0.178. The minimum atomic E-state index is -0.289. The van der Waals surface area contributed by atoms with E-state index in [9.17, 15) is 4.79 Å². The molecule has 168 valence electrons. The topological polar surface area (TPSA) is 129 Å². The van der Waals surface area contributed by atoms with Crippen molar-refractivity contribution >= 4 is 58.7 Å². The number of anilines is 2. The van der Waals surface area contributed by atoms with Crippen LogP contribution in [0.25, 0.3) is 0 Å². The fraction of sp³-hybridized carbons (Fsp3) is 0.158. The lowest BCUT2D eigenvalue weighted by atomic mass is 10.2. The number of carbonyl (C=O) groups excluding carboxylic acids is 1. The van der Waals surface area contributed by atoms with Gasteiger partial charge in [-0.05, 0) is 42.0 Å². The Balaban J connectivity index is 1.56. The molecule has 0 spiro atoms. The molecular weight excluding hydrogens is 477 g/mol. The third kappa shape index (κ3) is 5.96. The number of thioether (sulfide) groups is 1. The highest BCUT2D eigenvalue weighted by Crippen LogP contribution is 2.27. The van der Waals surface area contributed by atoms with Crippen LogP contribution in [0.1, 0.15) is 5.56 Å². The molecule has 10 nitrogen and oxygen atoms in total. The number of ether oxygens (including phenoxy) is 2. The first kappa shape index (κ1) is 23.5. The lowest BCUT2D eigenvalue weighted by Crippen LogP contribution is -2.17. The van der Waals surface area contributed by atoms with Gasteiger partial charge in [0, 0.05) is 5.02 Å². The second-order valence-electron chi connectivity index (χ2n) is 6.12. The highest BCUT2D eigenvalue weighted by Gasteiger charge is 2.13. The van der Waals surface area contributed by atoms with Gasteiger partial charge in [0.25, 0.3) is 5.95 Å². The highest BCUT2D eigenvalue weighted by molar-refractivity contribution is 7.99. The van der Waals surface area contributed by atoms with Gasteiger partial charge in [0.05, 0.1) is 36.9 Å². The van der Waals surface area contributed by atoms with Crippen molar-refractivity contribution in [3.8, 4) is 11.5 Å². The van der Waals surface area contributed by atoms with Gasteiger partial charge in [-0.1, -0.05) is 35.0 Å². The molecule has 3 rings (SSSR count). The molecule has 0 aliphatic carbocycles. The number of rotatable bonds is 9. The van der Waals surface area contributed by atoms with E-state index < -0.39 is 0 Å². The molecule has 3 aromatic rings. The van der Waals surface area contributed by atoms with Crippen LogP contribution >= 0.6 is 35.0 Å². The molecule has 4 N–H and O–H groups in total. The molecule has 0 fully saturated rings. The maximum absolute atomic E-state index is 12.2. The van der Waals surface area contributed by atoms with Gasteiger partial charge in [0.1, 0.15) is 0 Å². The van der Waals surface area contributed by atoms with E-state index in [4.69, 9.17) is 38.5 Å². The van der Waals surface area contributed by atoms with Gasteiger partial charge in [-0.25, -0.2) is 10.1 Å². The Bertz CT molecular complexity index is 1140.